The van der Waals surface area contributed by atoms with Crippen LogP contribution < -0.4 is 0 Å². The van der Waals surface area contributed by atoms with Crippen molar-refractivity contribution in [2.75, 3.05) is 13.6 Å². The zero-order chi connectivity index (χ0) is 13.4. The number of β-amino-alcohol motifs (C(OH)–C–C–N with tert-alkyl or cyclic N) is 1. The average molecular weight is 256 g/mol. The van der Waals surface area contributed by atoms with Crippen LogP contribution in [0, 0.1) is 5.92 Å². The van der Waals surface area contributed by atoms with Gasteiger partial charge in [-0.05, 0) is 25.7 Å². The Morgan fingerprint density at radius 3 is 2.50 bits per heavy atom. The van der Waals surface area contributed by atoms with Gasteiger partial charge < -0.3 is 20.0 Å². The first kappa shape index (κ1) is 13.1. The van der Waals surface area contributed by atoms with Crippen LogP contribution in [0.4, 0.5) is 4.79 Å². The molecule has 0 bridgehead atoms. The van der Waals surface area contributed by atoms with Crippen LogP contribution in [0.15, 0.2) is 0 Å². The van der Waals surface area contributed by atoms with E-state index in [0.717, 1.165) is 12.8 Å². The Hall–Kier alpha value is -1.30. The predicted octanol–water partition coefficient (Wildman–Crippen LogP) is 0.357. The molecule has 2 fully saturated rings. The molecule has 2 amide bonds. The second-order valence-electron chi connectivity index (χ2n) is 5.37. The number of rotatable bonds is 3. The van der Waals surface area contributed by atoms with Gasteiger partial charge in [0.1, 0.15) is 6.04 Å². The van der Waals surface area contributed by atoms with Gasteiger partial charge in [-0.15, -0.1) is 0 Å². The van der Waals surface area contributed by atoms with Crippen LogP contribution in [0.1, 0.15) is 26.2 Å². The Kier molecular flexibility index (Phi) is 3.47. The summed E-state index contributed by atoms with van der Waals surface area (Å²) >= 11 is 0. The minimum atomic E-state index is -1.05. The van der Waals surface area contributed by atoms with Crippen molar-refractivity contribution in [3.8, 4) is 0 Å². The topological polar surface area (TPSA) is 81.1 Å². The highest BCUT2D eigenvalue weighted by Gasteiger charge is 2.42. The standard InChI is InChI=1S/C12H20N2O4/c1-7(8-3-4-8)13(2)12(18)14-6-9(15)5-10(14)11(16)17/h7-10,15H,3-6H2,1-2H3,(H,16,17)/t7?,9-,10-/m1/s1. The summed E-state index contributed by atoms with van der Waals surface area (Å²) in [6, 6.07) is -1.07. The molecule has 0 radical (unpaired) electrons. The van der Waals surface area contributed by atoms with Gasteiger partial charge in [-0.2, -0.15) is 0 Å². The van der Waals surface area contributed by atoms with Crippen LogP contribution >= 0.6 is 0 Å². The quantitative estimate of drug-likeness (QED) is 0.763. The summed E-state index contributed by atoms with van der Waals surface area (Å²) in [4.78, 5) is 26.2. The van der Waals surface area contributed by atoms with E-state index in [2.05, 4.69) is 0 Å². The number of urea groups is 1. The highest BCUT2D eigenvalue weighted by atomic mass is 16.4. The maximum Gasteiger partial charge on any atom is 0.326 e. The number of carbonyl (C=O) groups excluding carboxylic acids is 1. The molecule has 3 atom stereocenters. The number of nitrogens with zero attached hydrogens (tertiary/aromatic N) is 2. The van der Waals surface area contributed by atoms with Gasteiger partial charge in [0, 0.05) is 26.1 Å². The van der Waals surface area contributed by atoms with Gasteiger partial charge in [-0.1, -0.05) is 0 Å². The number of aliphatic carboxylic acids is 1. The van der Waals surface area contributed by atoms with Crippen molar-refractivity contribution in [1.29, 1.82) is 0 Å². The van der Waals surface area contributed by atoms with E-state index in [1.54, 1.807) is 11.9 Å². The Labute approximate surface area is 106 Å². The van der Waals surface area contributed by atoms with Gasteiger partial charge in [0.15, 0.2) is 0 Å². The summed E-state index contributed by atoms with van der Waals surface area (Å²) < 4.78 is 0. The lowest BCUT2D eigenvalue weighted by atomic mass is 10.2. The van der Waals surface area contributed by atoms with E-state index < -0.39 is 18.1 Å². The summed E-state index contributed by atoms with van der Waals surface area (Å²) in [7, 11) is 1.70. The third-order valence-corrected chi connectivity index (χ3v) is 4.03. The van der Waals surface area contributed by atoms with E-state index in [4.69, 9.17) is 5.11 Å². The van der Waals surface area contributed by atoms with Crippen LogP contribution in [-0.2, 0) is 4.79 Å². The number of amides is 2. The van der Waals surface area contributed by atoms with E-state index in [-0.39, 0.29) is 25.0 Å². The Morgan fingerprint density at radius 1 is 1.39 bits per heavy atom. The fourth-order valence-corrected chi connectivity index (χ4v) is 2.53. The minimum absolute atomic E-state index is 0.109. The zero-order valence-electron chi connectivity index (χ0n) is 10.7. The van der Waals surface area contributed by atoms with E-state index in [1.165, 1.54) is 4.90 Å². The maximum absolute atomic E-state index is 12.3. The lowest BCUT2D eigenvalue weighted by molar-refractivity contribution is -0.141. The molecule has 6 heteroatoms. The summed E-state index contributed by atoms with van der Waals surface area (Å²) in [5.74, 6) is -0.512. The van der Waals surface area contributed by atoms with Gasteiger partial charge in [-0.3, -0.25) is 0 Å². The van der Waals surface area contributed by atoms with E-state index >= 15 is 0 Å². The number of aliphatic hydroxyl groups is 1. The first-order valence-corrected chi connectivity index (χ1v) is 6.36. The predicted molar refractivity (Wildman–Crippen MR) is 64.1 cm³/mol. The fourth-order valence-electron chi connectivity index (χ4n) is 2.53. The van der Waals surface area contributed by atoms with E-state index in [9.17, 15) is 14.7 Å². The molecule has 0 aromatic heterocycles. The largest absolute Gasteiger partial charge is 0.480 e. The van der Waals surface area contributed by atoms with E-state index in [0.29, 0.717) is 5.92 Å². The van der Waals surface area contributed by atoms with Crippen molar-refractivity contribution in [2.45, 2.75) is 44.4 Å². The molecule has 102 valence electrons. The Morgan fingerprint density at radius 2 is 2.00 bits per heavy atom. The van der Waals surface area contributed by atoms with Crippen molar-refractivity contribution in [1.82, 2.24) is 9.80 Å². The zero-order valence-corrected chi connectivity index (χ0v) is 10.7. The maximum atomic E-state index is 12.3. The van der Waals surface area contributed by atoms with Gasteiger partial charge in [0.2, 0.25) is 0 Å². The summed E-state index contributed by atoms with van der Waals surface area (Å²) in [5.41, 5.74) is 0. The van der Waals surface area contributed by atoms with Crippen molar-refractivity contribution in [2.24, 2.45) is 5.92 Å². The molecule has 1 saturated heterocycles. The minimum Gasteiger partial charge on any atom is -0.480 e. The number of likely N-dealkylation sites (tertiary alicyclic amines) is 1. The third-order valence-electron chi connectivity index (χ3n) is 4.03. The molecular formula is C12H20N2O4. The SMILES string of the molecule is CC(C1CC1)N(C)C(=O)N1C[C@H](O)C[C@@H]1C(=O)O. The molecule has 18 heavy (non-hydrogen) atoms. The number of carboxylic acids is 1. The van der Waals surface area contributed by atoms with Gasteiger partial charge in [0.25, 0.3) is 0 Å². The van der Waals surface area contributed by atoms with Crippen LogP contribution in [0.5, 0.6) is 0 Å². The van der Waals surface area contributed by atoms with Gasteiger partial charge in [0.05, 0.1) is 6.10 Å². The first-order valence-electron chi connectivity index (χ1n) is 6.36. The number of carbonyl (C=O) groups is 2. The van der Waals surface area contributed by atoms with Gasteiger partial charge >= 0.3 is 12.0 Å². The molecule has 1 aliphatic heterocycles. The second-order valence-corrected chi connectivity index (χ2v) is 5.37. The summed E-state index contributed by atoms with van der Waals surface area (Å²) in [5, 5.41) is 18.6. The van der Waals surface area contributed by atoms with Crippen molar-refractivity contribution in [3.05, 3.63) is 0 Å². The molecule has 1 heterocycles. The van der Waals surface area contributed by atoms with Crippen molar-refractivity contribution in [3.63, 3.8) is 0 Å². The number of carboxylic acid groups (broad SMARTS) is 1. The first-order chi connectivity index (χ1) is 8.41. The Balaban J connectivity index is 2.04. The van der Waals surface area contributed by atoms with Crippen LogP contribution in [0.25, 0.3) is 0 Å². The third kappa shape index (κ3) is 2.43. The molecule has 2 aliphatic rings. The number of hydrogen-bond donors (Lipinski definition) is 2. The van der Waals surface area contributed by atoms with Crippen molar-refractivity contribution >= 4 is 12.0 Å². The fraction of sp³-hybridized carbons (Fsp3) is 0.833. The second kappa shape index (κ2) is 4.76. The Bertz CT molecular complexity index is 356. The molecular weight excluding hydrogens is 236 g/mol. The highest BCUT2D eigenvalue weighted by molar-refractivity contribution is 5.83. The molecule has 1 saturated carbocycles. The molecule has 0 aromatic carbocycles. The molecule has 2 N–H and O–H groups in total. The smallest absolute Gasteiger partial charge is 0.326 e. The van der Waals surface area contributed by atoms with Crippen LogP contribution in [-0.4, -0.2) is 63.8 Å². The normalized spacial score (nSPS) is 29.2. The molecule has 1 aliphatic carbocycles. The number of hydrogen-bond acceptors (Lipinski definition) is 3. The molecule has 2 rings (SSSR count). The van der Waals surface area contributed by atoms with Crippen LogP contribution in [0.3, 0.4) is 0 Å². The van der Waals surface area contributed by atoms with Crippen molar-refractivity contribution < 1.29 is 19.8 Å². The van der Waals surface area contributed by atoms with Crippen LogP contribution in [0.2, 0.25) is 0 Å². The lowest BCUT2D eigenvalue weighted by Crippen LogP contribution is -2.49. The average Bonchev–Trinajstić information content (AvgIpc) is 3.09. The lowest BCUT2D eigenvalue weighted by Gasteiger charge is -2.31. The number of aliphatic hydroxyl groups excluding tert-OH is 1. The summed E-state index contributed by atoms with van der Waals surface area (Å²) in [6.07, 6.45) is 1.64. The molecule has 0 aromatic rings. The van der Waals surface area contributed by atoms with Gasteiger partial charge in [-0.25, -0.2) is 9.59 Å². The van der Waals surface area contributed by atoms with E-state index in [1.807, 2.05) is 6.92 Å². The summed E-state index contributed by atoms with van der Waals surface area (Å²) in [6.45, 7) is 2.09. The molecule has 6 nitrogen and oxygen atoms in total. The molecule has 0 spiro atoms. The highest BCUT2D eigenvalue weighted by Crippen LogP contribution is 2.35. The monoisotopic (exact) mass is 256 g/mol. The molecule has 1 unspecified atom stereocenters.